The van der Waals surface area contributed by atoms with Gasteiger partial charge in [-0.3, -0.25) is 19.7 Å². The lowest BCUT2D eigenvalue weighted by Gasteiger charge is -2.08. The Morgan fingerprint density at radius 2 is 2.05 bits per heavy atom. The summed E-state index contributed by atoms with van der Waals surface area (Å²) in [7, 11) is 0. The molecule has 0 unspecified atom stereocenters. The number of hydrogen-bond donors (Lipinski definition) is 1. The van der Waals surface area contributed by atoms with Gasteiger partial charge in [0.1, 0.15) is 0 Å². The van der Waals surface area contributed by atoms with E-state index in [1.54, 1.807) is 36.1 Å². The molecule has 0 radical (unpaired) electrons. The fourth-order valence-electron chi connectivity index (χ4n) is 2.06. The van der Waals surface area contributed by atoms with Crippen LogP contribution in [-0.2, 0) is 17.8 Å². The molecular weight excluding hydrogens is 296 g/mol. The van der Waals surface area contributed by atoms with Gasteiger partial charge in [0.05, 0.1) is 24.4 Å². The predicted molar refractivity (Wildman–Crippen MR) is 85.1 cm³/mol. The second-order valence-electron chi connectivity index (χ2n) is 4.63. The fourth-order valence-corrected chi connectivity index (χ4v) is 2.76. The molecule has 0 aromatic carbocycles. The lowest BCUT2D eigenvalue weighted by molar-refractivity contribution is -0.120. The van der Waals surface area contributed by atoms with Gasteiger partial charge in [-0.1, -0.05) is 6.07 Å². The summed E-state index contributed by atoms with van der Waals surface area (Å²) in [5, 5.41) is 4.86. The van der Waals surface area contributed by atoms with Crippen LogP contribution in [-0.4, -0.2) is 20.9 Å². The summed E-state index contributed by atoms with van der Waals surface area (Å²) in [6.07, 6.45) is 7.10. The zero-order valence-electron chi connectivity index (χ0n) is 11.8. The molecule has 0 saturated heterocycles. The number of aromatic nitrogens is 3. The SMILES string of the molecule is O=C(Cc1cccs1)NCc1nccnc1-c1cccnc1. The average molecular weight is 310 g/mol. The highest BCUT2D eigenvalue weighted by Gasteiger charge is 2.10. The summed E-state index contributed by atoms with van der Waals surface area (Å²) >= 11 is 1.58. The molecule has 110 valence electrons. The number of amides is 1. The maximum absolute atomic E-state index is 12.0. The highest BCUT2D eigenvalue weighted by Crippen LogP contribution is 2.18. The highest BCUT2D eigenvalue weighted by atomic mass is 32.1. The maximum atomic E-state index is 12.0. The minimum atomic E-state index is -0.0229. The third kappa shape index (κ3) is 3.53. The standard InChI is InChI=1S/C16H14N4OS/c21-15(9-13-4-2-8-22-13)20-11-14-16(19-7-6-18-14)12-3-1-5-17-10-12/h1-8,10H,9,11H2,(H,20,21). The van der Waals surface area contributed by atoms with E-state index in [1.807, 2.05) is 29.6 Å². The van der Waals surface area contributed by atoms with Gasteiger partial charge in [-0.05, 0) is 23.6 Å². The van der Waals surface area contributed by atoms with Gasteiger partial charge in [-0.2, -0.15) is 0 Å². The third-order valence-electron chi connectivity index (χ3n) is 3.08. The van der Waals surface area contributed by atoms with Gasteiger partial charge in [0.15, 0.2) is 0 Å². The van der Waals surface area contributed by atoms with Crippen molar-refractivity contribution >= 4 is 17.2 Å². The zero-order valence-corrected chi connectivity index (χ0v) is 12.6. The molecular formula is C16H14N4OS. The van der Waals surface area contributed by atoms with Crippen molar-refractivity contribution in [3.8, 4) is 11.3 Å². The van der Waals surface area contributed by atoms with Crippen molar-refractivity contribution in [2.75, 3.05) is 0 Å². The largest absolute Gasteiger partial charge is 0.350 e. The van der Waals surface area contributed by atoms with Gasteiger partial charge in [0, 0.05) is 35.2 Å². The van der Waals surface area contributed by atoms with Crippen molar-refractivity contribution in [1.29, 1.82) is 0 Å². The molecule has 0 aliphatic heterocycles. The number of pyridine rings is 1. The number of nitrogens with zero attached hydrogens (tertiary/aromatic N) is 3. The van der Waals surface area contributed by atoms with E-state index >= 15 is 0 Å². The molecule has 0 saturated carbocycles. The van der Waals surface area contributed by atoms with E-state index in [-0.39, 0.29) is 5.91 Å². The van der Waals surface area contributed by atoms with Gasteiger partial charge in [-0.15, -0.1) is 11.3 Å². The smallest absolute Gasteiger partial charge is 0.225 e. The van der Waals surface area contributed by atoms with E-state index in [0.717, 1.165) is 21.8 Å². The normalized spacial score (nSPS) is 10.4. The summed E-state index contributed by atoms with van der Waals surface area (Å²) in [6.45, 7) is 0.349. The van der Waals surface area contributed by atoms with Crippen LogP contribution in [0, 0.1) is 0 Å². The number of nitrogens with one attached hydrogen (secondary N) is 1. The van der Waals surface area contributed by atoms with Gasteiger partial charge >= 0.3 is 0 Å². The molecule has 3 aromatic heterocycles. The van der Waals surface area contributed by atoms with Crippen LogP contribution in [0.5, 0.6) is 0 Å². The number of rotatable bonds is 5. The topological polar surface area (TPSA) is 67.8 Å². The molecule has 5 nitrogen and oxygen atoms in total. The van der Waals surface area contributed by atoms with Gasteiger partial charge in [0.25, 0.3) is 0 Å². The van der Waals surface area contributed by atoms with Crippen molar-refractivity contribution in [3.05, 3.63) is 65.0 Å². The molecule has 0 spiro atoms. The van der Waals surface area contributed by atoms with E-state index in [4.69, 9.17) is 0 Å². The summed E-state index contributed by atoms with van der Waals surface area (Å²) in [4.78, 5) is 25.8. The first-order valence-corrected chi connectivity index (χ1v) is 7.70. The monoisotopic (exact) mass is 310 g/mol. The summed E-state index contributed by atoms with van der Waals surface area (Å²) in [6, 6.07) is 7.67. The molecule has 0 bridgehead atoms. The minimum absolute atomic E-state index is 0.0229. The third-order valence-corrected chi connectivity index (χ3v) is 3.95. The van der Waals surface area contributed by atoms with Crippen molar-refractivity contribution < 1.29 is 4.79 Å². The maximum Gasteiger partial charge on any atom is 0.225 e. The molecule has 0 aliphatic rings. The number of thiophene rings is 1. The first-order valence-electron chi connectivity index (χ1n) is 6.82. The quantitative estimate of drug-likeness (QED) is 0.786. The Balaban J connectivity index is 1.69. The molecule has 3 aromatic rings. The first kappa shape index (κ1) is 14.3. The van der Waals surface area contributed by atoms with Crippen molar-refractivity contribution in [2.24, 2.45) is 0 Å². The molecule has 0 aliphatic carbocycles. The highest BCUT2D eigenvalue weighted by molar-refractivity contribution is 7.10. The molecule has 1 N–H and O–H groups in total. The minimum Gasteiger partial charge on any atom is -0.350 e. The molecule has 0 fully saturated rings. The second kappa shape index (κ2) is 6.91. The van der Waals surface area contributed by atoms with E-state index < -0.39 is 0 Å². The van der Waals surface area contributed by atoms with E-state index in [2.05, 4.69) is 20.3 Å². The number of hydrogen-bond acceptors (Lipinski definition) is 5. The van der Waals surface area contributed by atoms with Crippen LogP contribution < -0.4 is 5.32 Å². The lowest BCUT2D eigenvalue weighted by Crippen LogP contribution is -2.25. The molecule has 3 rings (SSSR count). The van der Waals surface area contributed by atoms with Crippen LogP contribution in [0.1, 0.15) is 10.6 Å². The van der Waals surface area contributed by atoms with Crippen LogP contribution in [0.15, 0.2) is 54.4 Å². The van der Waals surface area contributed by atoms with E-state index in [9.17, 15) is 4.79 Å². The zero-order chi connectivity index (χ0) is 15.2. The van der Waals surface area contributed by atoms with Gasteiger partial charge < -0.3 is 5.32 Å². The summed E-state index contributed by atoms with van der Waals surface area (Å²) < 4.78 is 0. The molecule has 22 heavy (non-hydrogen) atoms. The predicted octanol–water partition coefficient (Wildman–Crippen LogP) is 2.46. The Morgan fingerprint density at radius 1 is 1.14 bits per heavy atom. The van der Waals surface area contributed by atoms with Crippen LogP contribution >= 0.6 is 11.3 Å². The van der Waals surface area contributed by atoms with E-state index in [0.29, 0.717) is 13.0 Å². The van der Waals surface area contributed by atoms with E-state index in [1.165, 1.54) is 0 Å². The van der Waals surface area contributed by atoms with Crippen molar-refractivity contribution in [2.45, 2.75) is 13.0 Å². The molecule has 0 atom stereocenters. The molecule has 1 amide bonds. The summed E-state index contributed by atoms with van der Waals surface area (Å²) in [5.74, 6) is -0.0229. The van der Waals surface area contributed by atoms with Gasteiger partial charge in [0.2, 0.25) is 5.91 Å². The Kier molecular flexibility index (Phi) is 4.50. The Labute approximate surface area is 132 Å². The van der Waals surface area contributed by atoms with Crippen LogP contribution in [0.2, 0.25) is 0 Å². The Hall–Kier alpha value is -2.60. The number of carbonyl (C=O) groups excluding carboxylic acids is 1. The van der Waals surface area contributed by atoms with Crippen LogP contribution in [0.25, 0.3) is 11.3 Å². The lowest BCUT2D eigenvalue weighted by atomic mass is 10.1. The average Bonchev–Trinajstić information content (AvgIpc) is 3.07. The molecule has 3 heterocycles. The number of carbonyl (C=O) groups is 1. The Bertz CT molecular complexity index is 744. The summed E-state index contributed by atoms with van der Waals surface area (Å²) in [5.41, 5.74) is 2.36. The second-order valence-corrected chi connectivity index (χ2v) is 5.66. The van der Waals surface area contributed by atoms with Crippen molar-refractivity contribution in [1.82, 2.24) is 20.3 Å². The fraction of sp³-hybridized carbons (Fsp3) is 0.125. The Morgan fingerprint density at radius 3 is 2.82 bits per heavy atom. The van der Waals surface area contributed by atoms with Gasteiger partial charge in [-0.25, -0.2) is 0 Å². The van der Waals surface area contributed by atoms with Crippen LogP contribution in [0.3, 0.4) is 0 Å². The van der Waals surface area contributed by atoms with Crippen LogP contribution in [0.4, 0.5) is 0 Å². The first-order chi connectivity index (χ1) is 10.8. The van der Waals surface area contributed by atoms with Crippen molar-refractivity contribution in [3.63, 3.8) is 0 Å². The molecule has 6 heteroatoms.